The molecule has 1 aromatic carbocycles. The zero-order valence-corrected chi connectivity index (χ0v) is 12.6. The number of hydrogen-bond donors (Lipinski definition) is 2. The lowest BCUT2D eigenvalue weighted by Crippen LogP contribution is -2.27. The second kappa shape index (κ2) is 5.46. The van der Waals surface area contributed by atoms with Crippen molar-refractivity contribution in [2.75, 3.05) is 5.32 Å². The van der Waals surface area contributed by atoms with Crippen LogP contribution < -0.4 is 5.32 Å². The molecule has 0 unspecified atom stereocenters. The minimum absolute atomic E-state index is 0.0997. The lowest BCUT2D eigenvalue weighted by molar-refractivity contribution is 0.0636. The number of aromatic hydroxyl groups is 1. The van der Waals surface area contributed by atoms with Crippen molar-refractivity contribution in [2.24, 2.45) is 0 Å². The highest BCUT2D eigenvalue weighted by atomic mass is 16.6. The molecule has 0 aromatic heterocycles. The maximum atomic E-state index is 11.7. The third-order valence-corrected chi connectivity index (χ3v) is 2.68. The molecule has 2 N–H and O–H groups in total. The van der Waals surface area contributed by atoms with Gasteiger partial charge in [-0.25, -0.2) is 4.79 Å². The summed E-state index contributed by atoms with van der Waals surface area (Å²) in [5.74, 6) is 2.71. The number of terminal acetylenes is 1. The summed E-state index contributed by atoms with van der Waals surface area (Å²) in [6.07, 6.45) is 4.92. The van der Waals surface area contributed by atoms with E-state index in [9.17, 15) is 9.90 Å². The van der Waals surface area contributed by atoms with Gasteiger partial charge >= 0.3 is 6.09 Å². The predicted octanol–water partition coefficient (Wildman–Crippen LogP) is 3.65. The van der Waals surface area contributed by atoms with Crippen LogP contribution in [0, 0.1) is 12.3 Å². The van der Waals surface area contributed by atoms with Crippen molar-refractivity contribution < 1.29 is 14.6 Å². The van der Waals surface area contributed by atoms with E-state index < -0.39 is 17.1 Å². The zero-order valence-electron chi connectivity index (χ0n) is 12.6. The molecular formula is C16H21NO3. The number of anilines is 1. The number of phenols is 1. The van der Waals surface area contributed by atoms with E-state index in [1.165, 1.54) is 6.07 Å². The summed E-state index contributed by atoms with van der Waals surface area (Å²) in [7, 11) is 0. The molecule has 4 heteroatoms. The van der Waals surface area contributed by atoms with Crippen LogP contribution in [-0.2, 0) is 10.2 Å². The SMILES string of the molecule is C#CC(C)(C)c1cc(NC(=O)OC(C)(C)C)ccc1O. The summed E-state index contributed by atoms with van der Waals surface area (Å²) in [6.45, 7) is 9.00. The summed E-state index contributed by atoms with van der Waals surface area (Å²) in [5.41, 5.74) is -0.0959. The number of carbonyl (C=O) groups is 1. The van der Waals surface area contributed by atoms with Crippen molar-refractivity contribution in [3.63, 3.8) is 0 Å². The Kier molecular flexibility index (Phi) is 4.34. The maximum Gasteiger partial charge on any atom is 0.412 e. The second-order valence-electron chi connectivity index (χ2n) is 6.13. The van der Waals surface area contributed by atoms with Crippen molar-refractivity contribution in [2.45, 2.75) is 45.6 Å². The van der Waals surface area contributed by atoms with Crippen molar-refractivity contribution >= 4 is 11.8 Å². The lowest BCUT2D eigenvalue weighted by atomic mass is 9.85. The first-order chi connectivity index (χ1) is 9.05. The van der Waals surface area contributed by atoms with Crippen LogP contribution in [-0.4, -0.2) is 16.8 Å². The first-order valence-electron chi connectivity index (χ1n) is 6.36. The molecule has 0 heterocycles. The van der Waals surface area contributed by atoms with Gasteiger partial charge in [-0.3, -0.25) is 5.32 Å². The van der Waals surface area contributed by atoms with Crippen LogP contribution in [0.5, 0.6) is 5.75 Å². The number of carbonyl (C=O) groups excluding carboxylic acids is 1. The van der Waals surface area contributed by atoms with Gasteiger partial charge in [0, 0.05) is 11.3 Å². The highest BCUT2D eigenvalue weighted by Gasteiger charge is 2.22. The molecule has 4 nitrogen and oxygen atoms in total. The van der Waals surface area contributed by atoms with E-state index in [0.717, 1.165) is 0 Å². The van der Waals surface area contributed by atoms with E-state index in [4.69, 9.17) is 11.2 Å². The Morgan fingerprint density at radius 1 is 1.30 bits per heavy atom. The number of phenolic OH excluding ortho intramolecular Hbond substituents is 1. The Morgan fingerprint density at radius 3 is 2.40 bits per heavy atom. The smallest absolute Gasteiger partial charge is 0.412 e. The van der Waals surface area contributed by atoms with Crippen LogP contribution in [0.2, 0.25) is 0 Å². The molecule has 0 radical (unpaired) electrons. The molecule has 0 aliphatic carbocycles. The Hall–Kier alpha value is -2.15. The van der Waals surface area contributed by atoms with E-state index in [-0.39, 0.29) is 5.75 Å². The molecule has 0 fully saturated rings. The van der Waals surface area contributed by atoms with Gasteiger partial charge in [0.05, 0.1) is 5.41 Å². The molecule has 0 atom stereocenters. The third-order valence-electron chi connectivity index (χ3n) is 2.68. The van der Waals surface area contributed by atoms with Crippen LogP contribution in [0.4, 0.5) is 10.5 Å². The van der Waals surface area contributed by atoms with Crippen LogP contribution in [0.3, 0.4) is 0 Å². The Labute approximate surface area is 120 Å². The molecule has 0 spiro atoms. The monoisotopic (exact) mass is 275 g/mol. The second-order valence-corrected chi connectivity index (χ2v) is 6.13. The quantitative estimate of drug-likeness (QED) is 0.640. The topological polar surface area (TPSA) is 58.6 Å². The zero-order chi connectivity index (χ0) is 15.6. The van der Waals surface area contributed by atoms with E-state index >= 15 is 0 Å². The summed E-state index contributed by atoms with van der Waals surface area (Å²) in [6, 6.07) is 4.75. The normalized spacial score (nSPS) is 11.6. The van der Waals surface area contributed by atoms with Crippen LogP contribution in [0.1, 0.15) is 40.2 Å². The number of benzene rings is 1. The Balaban J connectivity index is 2.98. The van der Waals surface area contributed by atoms with Crippen molar-refractivity contribution in [1.29, 1.82) is 0 Å². The van der Waals surface area contributed by atoms with Gasteiger partial charge in [0.1, 0.15) is 11.4 Å². The highest BCUT2D eigenvalue weighted by molar-refractivity contribution is 5.85. The largest absolute Gasteiger partial charge is 0.508 e. The van der Waals surface area contributed by atoms with Crippen LogP contribution in [0.25, 0.3) is 0 Å². The van der Waals surface area contributed by atoms with Crippen molar-refractivity contribution in [1.82, 2.24) is 0 Å². The third kappa shape index (κ3) is 4.20. The molecule has 0 saturated heterocycles. The van der Waals surface area contributed by atoms with Crippen LogP contribution in [0.15, 0.2) is 18.2 Å². The van der Waals surface area contributed by atoms with Gasteiger partial charge in [0.2, 0.25) is 0 Å². The molecule has 1 rings (SSSR count). The van der Waals surface area contributed by atoms with Gasteiger partial charge in [0.25, 0.3) is 0 Å². The van der Waals surface area contributed by atoms with Gasteiger partial charge in [-0.1, -0.05) is 5.92 Å². The van der Waals surface area contributed by atoms with Crippen molar-refractivity contribution in [3.8, 4) is 18.1 Å². The molecule has 0 bridgehead atoms. The summed E-state index contributed by atoms with van der Waals surface area (Å²) in [4.78, 5) is 11.7. The number of nitrogens with one attached hydrogen (secondary N) is 1. The number of hydrogen-bond acceptors (Lipinski definition) is 3. The number of rotatable bonds is 2. The molecule has 0 aliphatic heterocycles. The van der Waals surface area contributed by atoms with E-state index in [1.54, 1.807) is 32.9 Å². The van der Waals surface area contributed by atoms with Crippen molar-refractivity contribution in [3.05, 3.63) is 23.8 Å². The summed E-state index contributed by atoms with van der Waals surface area (Å²) < 4.78 is 5.17. The summed E-state index contributed by atoms with van der Waals surface area (Å²) >= 11 is 0. The molecule has 108 valence electrons. The average Bonchev–Trinajstić information content (AvgIpc) is 2.29. The number of amides is 1. The van der Waals surface area contributed by atoms with E-state index in [2.05, 4.69) is 11.2 Å². The maximum absolute atomic E-state index is 11.7. The fraction of sp³-hybridized carbons (Fsp3) is 0.438. The molecule has 0 saturated carbocycles. The standard InChI is InChI=1S/C16H21NO3/c1-7-16(5,6)12-10-11(8-9-13(12)18)17-14(19)20-15(2,3)4/h1,8-10,18H,2-6H3,(H,17,19). The van der Waals surface area contributed by atoms with Gasteiger partial charge in [-0.2, -0.15) is 0 Å². The molecular weight excluding hydrogens is 254 g/mol. The molecule has 0 aliphatic rings. The molecule has 1 amide bonds. The number of ether oxygens (including phenoxy) is 1. The highest BCUT2D eigenvalue weighted by Crippen LogP contribution is 2.32. The minimum atomic E-state index is -0.629. The first kappa shape index (κ1) is 15.9. The van der Waals surface area contributed by atoms with E-state index in [0.29, 0.717) is 11.3 Å². The van der Waals surface area contributed by atoms with Crippen LogP contribution >= 0.6 is 0 Å². The van der Waals surface area contributed by atoms with Gasteiger partial charge in [0.15, 0.2) is 0 Å². The van der Waals surface area contributed by atoms with E-state index in [1.807, 2.05) is 13.8 Å². The Bertz CT molecular complexity index is 548. The fourth-order valence-corrected chi connectivity index (χ4v) is 1.61. The Morgan fingerprint density at radius 2 is 1.90 bits per heavy atom. The minimum Gasteiger partial charge on any atom is -0.508 e. The lowest BCUT2D eigenvalue weighted by Gasteiger charge is -2.22. The van der Waals surface area contributed by atoms with Gasteiger partial charge in [-0.05, 0) is 52.8 Å². The van der Waals surface area contributed by atoms with Gasteiger partial charge < -0.3 is 9.84 Å². The van der Waals surface area contributed by atoms with Gasteiger partial charge in [-0.15, -0.1) is 6.42 Å². The average molecular weight is 275 g/mol. The summed E-state index contributed by atoms with van der Waals surface area (Å²) in [5, 5.41) is 12.5. The predicted molar refractivity (Wildman–Crippen MR) is 79.8 cm³/mol. The fourth-order valence-electron chi connectivity index (χ4n) is 1.61. The first-order valence-corrected chi connectivity index (χ1v) is 6.36. The molecule has 1 aromatic rings. The molecule has 20 heavy (non-hydrogen) atoms.